The lowest BCUT2D eigenvalue weighted by Gasteiger charge is -2.13. The molecular formula is C11H10F4. The molecule has 0 bridgehead atoms. The summed E-state index contributed by atoms with van der Waals surface area (Å²) in [6.45, 7) is 5.12. The molecule has 0 N–H and O–H groups in total. The molecule has 0 saturated heterocycles. The number of benzene rings is 1. The molecule has 1 aromatic carbocycles. The first-order valence-corrected chi connectivity index (χ1v) is 4.31. The van der Waals surface area contributed by atoms with Gasteiger partial charge >= 0.3 is 6.18 Å². The topological polar surface area (TPSA) is 0 Å². The van der Waals surface area contributed by atoms with Gasteiger partial charge in [0.05, 0.1) is 5.56 Å². The number of alkyl halides is 3. The Labute approximate surface area is 85.2 Å². The van der Waals surface area contributed by atoms with Crippen LogP contribution in [0.25, 0.3) is 0 Å². The fraction of sp³-hybridized carbons (Fsp3) is 0.273. The van der Waals surface area contributed by atoms with Gasteiger partial charge in [-0.05, 0) is 25.0 Å². The quantitative estimate of drug-likeness (QED) is 0.520. The highest BCUT2D eigenvalue weighted by Gasteiger charge is 2.36. The average Bonchev–Trinajstić information content (AvgIpc) is 1.99. The summed E-state index contributed by atoms with van der Waals surface area (Å²) in [5.41, 5.74) is -0.700. The van der Waals surface area contributed by atoms with Crippen molar-refractivity contribution in [2.24, 2.45) is 0 Å². The maximum atomic E-state index is 13.0. The fourth-order valence-electron chi connectivity index (χ4n) is 1.36. The minimum absolute atomic E-state index is 0.0343. The average molecular weight is 218 g/mol. The summed E-state index contributed by atoms with van der Waals surface area (Å²) in [4.78, 5) is 0. The Hall–Kier alpha value is -1.32. The van der Waals surface area contributed by atoms with Crippen LogP contribution in [0.3, 0.4) is 0 Å². The van der Waals surface area contributed by atoms with Crippen molar-refractivity contribution in [2.75, 3.05) is 0 Å². The maximum Gasteiger partial charge on any atom is 0.419 e. The monoisotopic (exact) mass is 218 g/mol. The summed E-state index contributed by atoms with van der Waals surface area (Å²) >= 11 is 0. The fourth-order valence-corrected chi connectivity index (χ4v) is 1.36. The zero-order chi connectivity index (χ0) is 11.6. The number of hydrogen-bond donors (Lipinski definition) is 0. The van der Waals surface area contributed by atoms with Crippen molar-refractivity contribution < 1.29 is 17.6 Å². The van der Waals surface area contributed by atoms with Gasteiger partial charge in [-0.25, -0.2) is 4.39 Å². The predicted molar refractivity (Wildman–Crippen MR) is 49.9 cm³/mol. The molecule has 0 atom stereocenters. The van der Waals surface area contributed by atoms with E-state index in [1.54, 1.807) is 6.92 Å². The molecule has 0 aliphatic heterocycles. The molecule has 0 aliphatic carbocycles. The third kappa shape index (κ3) is 2.81. The summed E-state index contributed by atoms with van der Waals surface area (Å²) in [5, 5.41) is 0. The first kappa shape index (κ1) is 11.8. The van der Waals surface area contributed by atoms with E-state index in [-0.39, 0.29) is 12.0 Å². The van der Waals surface area contributed by atoms with Gasteiger partial charge < -0.3 is 0 Å². The maximum absolute atomic E-state index is 13.0. The number of halogens is 4. The highest BCUT2D eigenvalue weighted by Crippen LogP contribution is 2.34. The smallest absolute Gasteiger partial charge is 0.206 e. The molecule has 0 unspecified atom stereocenters. The minimum Gasteiger partial charge on any atom is -0.206 e. The molecule has 1 rings (SSSR count). The van der Waals surface area contributed by atoms with Gasteiger partial charge in [0.25, 0.3) is 0 Å². The highest BCUT2D eigenvalue weighted by molar-refractivity contribution is 5.33. The van der Waals surface area contributed by atoms with E-state index in [2.05, 4.69) is 6.58 Å². The van der Waals surface area contributed by atoms with Crippen LogP contribution in [0.2, 0.25) is 0 Å². The van der Waals surface area contributed by atoms with Crippen LogP contribution in [0, 0.1) is 5.82 Å². The van der Waals surface area contributed by atoms with Crippen LogP contribution < -0.4 is 0 Å². The minimum atomic E-state index is -4.66. The van der Waals surface area contributed by atoms with E-state index in [1.807, 2.05) is 0 Å². The Morgan fingerprint density at radius 2 is 1.93 bits per heavy atom. The van der Waals surface area contributed by atoms with E-state index in [9.17, 15) is 17.6 Å². The van der Waals surface area contributed by atoms with Crippen molar-refractivity contribution in [3.8, 4) is 0 Å². The van der Waals surface area contributed by atoms with Crippen LogP contribution in [0.1, 0.15) is 18.1 Å². The number of rotatable bonds is 2. The van der Waals surface area contributed by atoms with E-state index in [0.717, 1.165) is 6.07 Å². The Bertz CT molecular complexity index is 377. The first-order valence-electron chi connectivity index (χ1n) is 4.31. The molecule has 0 fully saturated rings. The second-order valence-corrected chi connectivity index (χ2v) is 3.41. The molecule has 0 aliphatic rings. The largest absolute Gasteiger partial charge is 0.419 e. The third-order valence-electron chi connectivity index (χ3n) is 1.88. The van der Waals surface area contributed by atoms with Gasteiger partial charge in [0.1, 0.15) is 5.82 Å². The van der Waals surface area contributed by atoms with E-state index < -0.39 is 17.6 Å². The normalized spacial score (nSPS) is 11.5. The molecule has 0 aromatic heterocycles. The van der Waals surface area contributed by atoms with E-state index in [4.69, 9.17) is 0 Å². The van der Waals surface area contributed by atoms with Gasteiger partial charge in [-0.15, -0.1) is 0 Å². The molecule has 0 radical (unpaired) electrons. The van der Waals surface area contributed by atoms with E-state index in [1.165, 1.54) is 12.1 Å². The summed E-state index contributed by atoms with van der Waals surface area (Å²) in [6, 6.07) is 3.34. The van der Waals surface area contributed by atoms with E-state index in [0.29, 0.717) is 5.57 Å². The highest BCUT2D eigenvalue weighted by atomic mass is 19.4. The SMILES string of the molecule is C=C(C)Cc1cccc(F)c1C(F)(F)F. The van der Waals surface area contributed by atoms with Crippen molar-refractivity contribution in [3.05, 3.63) is 47.3 Å². The summed E-state index contributed by atoms with van der Waals surface area (Å²) in [7, 11) is 0. The van der Waals surface area contributed by atoms with Crippen LogP contribution in [0.5, 0.6) is 0 Å². The third-order valence-corrected chi connectivity index (χ3v) is 1.88. The van der Waals surface area contributed by atoms with Crippen LogP contribution in [-0.4, -0.2) is 0 Å². The molecule has 0 heterocycles. The Morgan fingerprint density at radius 1 is 1.33 bits per heavy atom. The molecule has 1 aromatic rings. The van der Waals surface area contributed by atoms with Gasteiger partial charge in [0.2, 0.25) is 0 Å². The molecule has 15 heavy (non-hydrogen) atoms. The standard InChI is InChI=1S/C11H10F4/c1-7(2)6-8-4-3-5-9(12)10(8)11(13,14)15/h3-5H,1,6H2,2H3. The second-order valence-electron chi connectivity index (χ2n) is 3.41. The van der Waals surface area contributed by atoms with Crippen molar-refractivity contribution >= 4 is 0 Å². The molecular weight excluding hydrogens is 208 g/mol. The van der Waals surface area contributed by atoms with Crippen molar-refractivity contribution in [1.29, 1.82) is 0 Å². The lowest BCUT2D eigenvalue weighted by molar-refractivity contribution is -0.140. The predicted octanol–water partition coefficient (Wildman–Crippen LogP) is 3.96. The molecule has 0 saturated carbocycles. The summed E-state index contributed by atoms with van der Waals surface area (Å²) in [6.07, 6.45) is -4.62. The van der Waals surface area contributed by atoms with Gasteiger partial charge in [-0.3, -0.25) is 0 Å². The zero-order valence-corrected chi connectivity index (χ0v) is 8.16. The van der Waals surface area contributed by atoms with Gasteiger partial charge in [-0.2, -0.15) is 13.2 Å². The van der Waals surface area contributed by atoms with Gasteiger partial charge in [0.15, 0.2) is 0 Å². The van der Waals surface area contributed by atoms with Crippen molar-refractivity contribution in [2.45, 2.75) is 19.5 Å². The Morgan fingerprint density at radius 3 is 2.40 bits per heavy atom. The number of allylic oxidation sites excluding steroid dienone is 1. The first-order chi connectivity index (χ1) is 6.82. The zero-order valence-electron chi connectivity index (χ0n) is 8.16. The van der Waals surface area contributed by atoms with Crippen LogP contribution in [-0.2, 0) is 12.6 Å². The lowest BCUT2D eigenvalue weighted by Crippen LogP contribution is -2.12. The number of hydrogen-bond acceptors (Lipinski definition) is 0. The van der Waals surface area contributed by atoms with Crippen LogP contribution in [0.4, 0.5) is 17.6 Å². The molecule has 4 heteroatoms. The Balaban J connectivity index is 3.27. The molecule has 0 nitrogen and oxygen atoms in total. The molecule has 0 amide bonds. The van der Waals surface area contributed by atoms with Gasteiger partial charge in [-0.1, -0.05) is 24.3 Å². The van der Waals surface area contributed by atoms with E-state index >= 15 is 0 Å². The van der Waals surface area contributed by atoms with Crippen LogP contribution >= 0.6 is 0 Å². The second kappa shape index (κ2) is 4.04. The summed E-state index contributed by atoms with van der Waals surface area (Å²) < 4.78 is 50.5. The van der Waals surface area contributed by atoms with Gasteiger partial charge in [0, 0.05) is 0 Å². The van der Waals surface area contributed by atoms with Crippen molar-refractivity contribution in [3.63, 3.8) is 0 Å². The lowest BCUT2D eigenvalue weighted by atomic mass is 10.0. The van der Waals surface area contributed by atoms with Crippen molar-refractivity contribution in [1.82, 2.24) is 0 Å². The summed E-state index contributed by atoms with van der Waals surface area (Å²) in [5.74, 6) is -1.23. The molecule has 0 spiro atoms. The Kier molecular flexibility index (Phi) is 3.17. The molecule has 82 valence electrons. The van der Waals surface area contributed by atoms with Crippen LogP contribution in [0.15, 0.2) is 30.4 Å².